The number of fused-ring (bicyclic) bond motifs is 1. The molecule has 0 N–H and O–H groups in total. The predicted molar refractivity (Wildman–Crippen MR) is 143 cm³/mol. The summed E-state index contributed by atoms with van der Waals surface area (Å²) in [5, 5.41) is 12.9. The molecule has 37 heavy (non-hydrogen) atoms. The van der Waals surface area contributed by atoms with Crippen LogP contribution < -0.4 is 9.47 Å². The first kappa shape index (κ1) is 24.2. The van der Waals surface area contributed by atoms with Gasteiger partial charge in [-0.2, -0.15) is 0 Å². The number of non-ortho nitro benzene ring substituents is 1. The minimum atomic E-state index is -0.545. The van der Waals surface area contributed by atoms with E-state index < -0.39 is 10.9 Å². The molecule has 0 radical (unpaired) electrons. The molecule has 0 saturated carbocycles. The number of halogens is 1. The Morgan fingerprint density at radius 1 is 1.03 bits per heavy atom. The van der Waals surface area contributed by atoms with Crippen LogP contribution in [0.1, 0.15) is 16.7 Å². The van der Waals surface area contributed by atoms with Crippen molar-refractivity contribution in [3.8, 4) is 11.5 Å². The van der Waals surface area contributed by atoms with E-state index in [1.54, 1.807) is 30.3 Å². The summed E-state index contributed by atoms with van der Waals surface area (Å²) < 4.78 is 17.5. The van der Waals surface area contributed by atoms with Crippen molar-refractivity contribution in [2.75, 3.05) is 7.11 Å². The van der Waals surface area contributed by atoms with E-state index in [0.29, 0.717) is 27.1 Å². The van der Waals surface area contributed by atoms with Crippen LogP contribution in [0.4, 0.5) is 5.69 Å². The van der Waals surface area contributed by atoms with E-state index in [2.05, 4.69) is 20.9 Å². The van der Waals surface area contributed by atoms with Crippen molar-refractivity contribution in [3.05, 3.63) is 116 Å². The number of carbonyl (C=O) groups is 1. The first-order chi connectivity index (χ1) is 17.9. The molecule has 0 saturated heterocycles. The lowest BCUT2D eigenvalue weighted by Gasteiger charge is -2.13. The van der Waals surface area contributed by atoms with Crippen LogP contribution in [-0.4, -0.2) is 23.9 Å². The van der Waals surface area contributed by atoms with Crippen LogP contribution in [0.25, 0.3) is 16.8 Å². The highest BCUT2D eigenvalue weighted by Crippen LogP contribution is 2.38. The lowest BCUT2D eigenvalue weighted by molar-refractivity contribution is -0.384. The predicted octanol–water partition coefficient (Wildman–Crippen LogP) is 6.44. The molecule has 1 heterocycles. The normalized spacial score (nSPS) is 13.9. The molecule has 0 amide bonds. The van der Waals surface area contributed by atoms with Gasteiger partial charge in [0.1, 0.15) is 6.61 Å². The number of nitro benzene ring substituents is 1. The summed E-state index contributed by atoms with van der Waals surface area (Å²) in [6, 6.07) is 23.3. The number of hydrogen-bond donors (Lipinski definition) is 0. The molecule has 4 aromatic carbocycles. The maximum absolute atomic E-state index is 12.5. The van der Waals surface area contributed by atoms with E-state index >= 15 is 0 Å². The molecule has 9 heteroatoms. The van der Waals surface area contributed by atoms with E-state index in [0.717, 1.165) is 16.3 Å². The van der Waals surface area contributed by atoms with Crippen molar-refractivity contribution in [1.29, 1.82) is 0 Å². The number of benzene rings is 4. The molecular formula is C28H19BrN2O6. The van der Waals surface area contributed by atoms with Gasteiger partial charge in [0, 0.05) is 17.7 Å². The Labute approximate surface area is 220 Å². The Bertz CT molecular complexity index is 1590. The minimum absolute atomic E-state index is 0.0109. The van der Waals surface area contributed by atoms with E-state index in [9.17, 15) is 14.9 Å². The van der Waals surface area contributed by atoms with Crippen LogP contribution in [0.3, 0.4) is 0 Å². The standard InChI is InChI=1S/C28H19BrN2O6/c1-35-25-14-18(12-23(29)26(25)36-16-17-6-10-22(11-7-17)31(33)34)13-24-28(32)37-27(30-24)21-9-8-19-4-2-3-5-20(19)15-21/h2-15H,16H2,1H3/b24-13-. The number of nitrogens with zero attached hydrogens (tertiary/aromatic N) is 2. The fourth-order valence-electron chi connectivity index (χ4n) is 3.85. The average molecular weight is 559 g/mol. The smallest absolute Gasteiger partial charge is 0.363 e. The number of aliphatic imine (C=N–C) groups is 1. The molecule has 0 atom stereocenters. The largest absolute Gasteiger partial charge is 0.493 e. The van der Waals surface area contributed by atoms with Gasteiger partial charge < -0.3 is 14.2 Å². The summed E-state index contributed by atoms with van der Waals surface area (Å²) in [5.74, 6) is 0.596. The van der Waals surface area contributed by atoms with Gasteiger partial charge in [-0.15, -0.1) is 0 Å². The molecule has 0 fully saturated rings. The van der Waals surface area contributed by atoms with Crippen molar-refractivity contribution in [2.24, 2.45) is 4.99 Å². The third-order valence-electron chi connectivity index (χ3n) is 5.70. The number of carbonyl (C=O) groups excluding carboxylic acids is 1. The highest BCUT2D eigenvalue weighted by molar-refractivity contribution is 9.10. The first-order valence-electron chi connectivity index (χ1n) is 11.2. The third kappa shape index (κ3) is 5.22. The Hall–Kier alpha value is -4.50. The molecule has 1 aliphatic rings. The van der Waals surface area contributed by atoms with Crippen LogP contribution >= 0.6 is 15.9 Å². The second-order valence-electron chi connectivity index (χ2n) is 8.14. The molecule has 0 bridgehead atoms. The van der Waals surface area contributed by atoms with E-state index in [4.69, 9.17) is 14.2 Å². The van der Waals surface area contributed by atoms with Gasteiger partial charge in [-0.3, -0.25) is 10.1 Å². The molecule has 0 unspecified atom stereocenters. The zero-order chi connectivity index (χ0) is 25.9. The molecule has 5 rings (SSSR count). The second-order valence-corrected chi connectivity index (χ2v) is 9.00. The summed E-state index contributed by atoms with van der Waals surface area (Å²) in [5.41, 5.74) is 2.30. The highest BCUT2D eigenvalue weighted by atomic mass is 79.9. The Kier molecular flexibility index (Phi) is 6.70. The van der Waals surface area contributed by atoms with Crippen molar-refractivity contribution in [2.45, 2.75) is 6.61 Å². The zero-order valence-electron chi connectivity index (χ0n) is 19.5. The van der Waals surface area contributed by atoms with Crippen molar-refractivity contribution >= 4 is 50.3 Å². The Balaban J connectivity index is 1.38. The Morgan fingerprint density at radius 3 is 2.51 bits per heavy atom. The molecule has 0 aromatic heterocycles. The molecule has 184 valence electrons. The summed E-state index contributed by atoms with van der Waals surface area (Å²) >= 11 is 3.50. The lowest BCUT2D eigenvalue weighted by Crippen LogP contribution is -2.05. The molecular weight excluding hydrogens is 540 g/mol. The van der Waals surface area contributed by atoms with Crippen molar-refractivity contribution in [1.82, 2.24) is 0 Å². The number of rotatable bonds is 7. The number of hydrogen-bond acceptors (Lipinski definition) is 7. The fourth-order valence-corrected chi connectivity index (χ4v) is 4.42. The number of esters is 1. The number of methoxy groups -OCH3 is 1. The summed E-state index contributed by atoms with van der Waals surface area (Å²) in [7, 11) is 1.51. The summed E-state index contributed by atoms with van der Waals surface area (Å²) in [6.07, 6.45) is 1.61. The monoisotopic (exact) mass is 558 g/mol. The zero-order valence-corrected chi connectivity index (χ0v) is 21.1. The van der Waals surface area contributed by atoms with Gasteiger partial charge >= 0.3 is 5.97 Å². The molecule has 0 aliphatic carbocycles. The maximum atomic E-state index is 12.5. The van der Waals surface area contributed by atoms with Crippen molar-refractivity contribution in [3.63, 3.8) is 0 Å². The van der Waals surface area contributed by atoms with Gasteiger partial charge in [0.15, 0.2) is 17.2 Å². The maximum Gasteiger partial charge on any atom is 0.363 e. The molecule has 8 nitrogen and oxygen atoms in total. The summed E-state index contributed by atoms with van der Waals surface area (Å²) in [4.78, 5) is 27.3. The molecule has 1 aliphatic heterocycles. The van der Waals surface area contributed by atoms with E-state index in [1.807, 2.05) is 42.5 Å². The van der Waals surface area contributed by atoms with E-state index in [1.165, 1.54) is 19.2 Å². The van der Waals surface area contributed by atoms with Gasteiger partial charge in [0.25, 0.3) is 5.69 Å². The second kappa shape index (κ2) is 10.2. The minimum Gasteiger partial charge on any atom is -0.493 e. The molecule has 4 aromatic rings. The Morgan fingerprint density at radius 2 is 1.78 bits per heavy atom. The topological polar surface area (TPSA) is 100 Å². The van der Waals surface area contributed by atoms with Gasteiger partial charge in [0.05, 0.1) is 16.5 Å². The first-order valence-corrected chi connectivity index (χ1v) is 12.0. The van der Waals surface area contributed by atoms with Gasteiger partial charge in [-0.05, 0) is 80.3 Å². The van der Waals surface area contributed by atoms with Crippen LogP contribution in [0.5, 0.6) is 11.5 Å². The highest BCUT2D eigenvalue weighted by Gasteiger charge is 2.25. The van der Waals surface area contributed by atoms with Crippen LogP contribution in [-0.2, 0) is 16.1 Å². The SMILES string of the molecule is COc1cc(/C=C2\N=C(c3ccc4ccccc4c3)OC2=O)cc(Br)c1OCc1ccc([N+](=O)[O-])cc1. The fraction of sp³-hybridized carbons (Fsp3) is 0.0714. The summed E-state index contributed by atoms with van der Waals surface area (Å²) in [6.45, 7) is 0.180. The van der Waals surface area contributed by atoms with Crippen LogP contribution in [0, 0.1) is 10.1 Å². The third-order valence-corrected chi connectivity index (χ3v) is 6.29. The van der Waals surface area contributed by atoms with Gasteiger partial charge in [-0.1, -0.05) is 30.3 Å². The van der Waals surface area contributed by atoms with Gasteiger partial charge in [-0.25, -0.2) is 9.79 Å². The van der Waals surface area contributed by atoms with Crippen LogP contribution in [0.15, 0.2) is 94.0 Å². The van der Waals surface area contributed by atoms with Crippen LogP contribution in [0.2, 0.25) is 0 Å². The average Bonchev–Trinajstić information content (AvgIpc) is 3.27. The van der Waals surface area contributed by atoms with Crippen molar-refractivity contribution < 1.29 is 23.9 Å². The number of nitro groups is 1. The number of cyclic esters (lactones) is 1. The quantitative estimate of drug-likeness (QED) is 0.112. The lowest BCUT2D eigenvalue weighted by atomic mass is 10.1. The van der Waals surface area contributed by atoms with E-state index in [-0.39, 0.29) is 23.9 Å². The number of ether oxygens (including phenoxy) is 3. The van der Waals surface area contributed by atoms with Gasteiger partial charge in [0.2, 0.25) is 5.90 Å². The molecule has 0 spiro atoms.